The van der Waals surface area contributed by atoms with Crippen LogP contribution < -0.4 is 4.90 Å². The van der Waals surface area contributed by atoms with E-state index >= 15 is 0 Å². The Hall–Kier alpha value is -3.10. The van der Waals surface area contributed by atoms with Crippen LogP contribution in [0, 0.1) is 0 Å². The highest BCUT2D eigenvalue weighted by molar-refractivity contribution is 7.94. The van der Waals surface area contributed by atoms with Crippen molar-refractivity contribution in [1.82, 2.24) is 0 Å². The van der Waals surface area contributed by atoms with Gasteiger partial charge in [-0.05, 0) is 41.5 Å². The fourth-order valence-corrected chi connectivity index (χ4v) is 4.98. The molecule has 1 aliphatic heterocycles. The lowest BCUT2D eigenvalue weighted by Crippen LogP contribution is -2.40. The molecule has 0 aromatic heterocycles. The number of halogens is 4. The van der Waals surface area contributed by atoms with Crippen LogP contribution in [0.4, 0.5) is 18.9 Å². The second-order valence-electron chi connectivity index (χ2n) is 7.10. The lowest BCUT2D eigenvalue weighted by molar-refractivity contribution is -0.170. The normalized spacial score (nSPS) is 15.1. The van der Waals surface area contributed by atoms with Crippen molar-refractivity contribution in [2.24, 2.45) is 0 Å². The summed E-state index contributed by atoms with van der Waals surface area (Å²) in [6.07, 6.45) is -5.11. The van der Waals surface area contributed by atoms with Crippen molar-refractivity contribution in [3.05, 3.63) is 99.9 Å². The smallest absolute Gasteiger partial charge is 0.300 e. The quantitative estimate of drug-likeness (QED) is 0.482. The molecule has 0 atom stereocenters. The van der Waals surface area contributed by atoms with Gasteiger partial charge in [-0.25, -0.2) is 8.42 Å². The van der Waals surface area contributed by atoms with E-state index in [0.717, 1.165) is 5.41 Å². The largest absolute Gasteiger partial charge is 0.471 e. The Morgan fingerprint density at radius 2 is 1.59 bits per heavy atom. The van der Waals surface area contributed by atoms with Crippen LogP contribution >= 0.6 is 11.6 Å². The van der Waals surface area contributed by atoms with Gasteiger partial charge in [0.15, 0.2) is 9.84 Å². The molecule has 1 heterocycles. The van der Waals surface area contributed by atoms with Gasteiger partial charge >= 0.3 is 12.1 Å². The number of carbonyl (C=O) groups excluding carboxylic acids is 1. The summed E-state index contributed by atoms with van der Waals surface area (Å²) >= 11 is 6.13. The van der Waals surface area contributed by atoms with E-state index in [2.05, 4.69) is 0 Å². The molecule has 1 amide bonds. The third-order valence-electron chi connectivity index (χ3n) is 5.01. The van der Waals surface area contributed by atoms with Gasteiger partial charge in [0.25, 0.3) is 0 Å². The lowest BCUT2D eigenvalue weighted by Gasteiger charge is -2.24. The van der Waals surface area contributed by atoms with Gasteiger partial charge in [-0.3, -0.25) is 9.69 Å². The SMILES string of the molecule is O=C(N1Cc2ccccc2/C(=C/S(=O)(=O)c2ccccc2)c2cc(Cl)ccc21)C(F)(F)F. The highest BCUT2D eigenvalue weighted by Crippen LogP contribution is 2.41. The Balaban J connectivity index is 2.03. The Labute approximate surface area is 187 Å². The third-order valence-corrected chi connectivity index (χ3v) is 6.72. The standard InChI is InChI=1S/C23H15ClF3NO3S/c24-16-10-11-21-19(12-16)20(14-32(30,31)17-7-2-1-3-8-17)18-9-5-4-6-15(18)13-28(21)22(29)23(25,26)27/h1-12,14H,13H2/b20-14-. The summed E-state index contributed by atoms with van der Waals surface area (Å²) < 4.78 is 66.4. The highest BCUT2D eigenvalue weighted by Gasteiger charge is 2.44. The molecular formula is C23H15ClF3NO3S. The molecule has 0 saturated heterocycles. The van der Waals surface area contributed by atoms with Gasteiger partial charge < -0.3 is 0 Å². The van der Waals surface area contributed by atoms with Crippen LogP contribution in [0.25, 0.3) is 5.57 Å². The van der Waals surface area contributed by atoms with Crippen LogP contribution in [0.5, 0.6) is 0 Å². The second-order valence-corrected chi connectivity index (χ2v) is 9.33. The number of sulfone groups is 1. The first-order valence-corrected chi connectivity index (χ1v) is 11.3. The molecule has 0 aliphatic carbocycles. The first kappa shape index (κ1) is 22.1. The number of benzene rings is 3. The van der Waals surface area contributed by atoms with E-state index in [1.807, 2.05) is 0 Å². The Morgan fingerprint density at radius 1 is 0.938 bits per heavy atom. The van der Waals surface area contributed by atoms with Crippen LogP contribution in [0.3, 0.4) is 0 Å². The first-order valence-electron chi connectivity index (χ1n) is 9.36. The molecule has 0 fully saturated rings. The van der Waals surface area contributed by atoms with Gasteiger partial charge in [0.1, 0.15) is 0 Å². The Kier molecular flexibility index (Phi) is 5.60. The van der Waals surface area contributed by atoms with Gasteiger partial charge in [-0.2, -0.15) is 13.2 Å². The van der Waals surface area contributed by atoms with Crippen molar-refractivity contribution in [3.8, 4) is 0 Å². The van der Waals surface area contributed by atoms with E-state index in [1.165, 1.54) is 30.3 Å². The topological polar surface area (TPSA) is 54.5 Å². The van der Waals surface area contributed by atoms with Crippen molar-refractivity contribution in [2.75, 3.05) is 4.90 Å². The van der Waals surface area contributed by atoms with Crippen molar-refractivity contribution in [1.29, 1.82) is 0 Å². The zero-order chi connectivity index (χ0) is 23.1. The monoisotopic (exact) mass is 477 g/mol. The predicted octanol–water partition coefficient (Wildman–Crippen LogP) is 5.61. The van der Waals surface area contributed by atoms with E-state index in [-0.39, 0.29) is 33.3 Å². The van der Waals surface area contributed by atoms with E-state index < -0.39 is 21.9 Å². The molecule has 1 aliphatic rings. The summed E-state index contributed by atoms with van der Waals surface area (Å²) in [5.41, 5.74) is 0.946. The van der Waals surface area contributed by atoms with Gasteiger partial charge in [-0.15, -0.1) is 0 Å². The highest BCUT2D eigenvalue weighted by atomic mass is 35.5. The van der Waals surface area contributed by atoms with E-state index in [0.29, 0.717) is 16.0 Å². The van der Waals surface area contributed by atoms with E-state index in [4.69, 9.17) is 11.6 Å². The number of anilines is 1. The summed E-state index contributed by atoms with van der Waals surface area (Å²) in [6.45, 7) is -0.383. The zero-order valence-corrected chi connectivity index (χ0v) is 17.9. The fourth-order valence-electron chi connectivity index (χ4n) is 3.58. The molecule has 3 aromatic carbocycles. The van der Waals surface area contributed by atoms with E-state index in [1.54, 1.807) is 42.5 Å². The number of carbonyl (C=O) groups is 1. The molecule has 0 unspecified atom stereocenters. The summed E-state index contributed by atoms with van der Waals surface area (Å²) in [4.78, 5) is 12.9. The molecule has 3 aromatic rings. The molecule has 0 radical (unpaired) electrons. The van der Waals surface area contributed by atoms with E-state index in [9.17, 15) is 26.4 Å². The first-order chi connectivity index (χ1) is 15.1. The maximum absolute atomic E-state index is 13.4. The van der Waals surface area contributed by atoms with Crippen molar-refractivity contribution < 1.29 is 26.4 Å². The number of fused-ring (bicyclic) bond motifs is 2. The minimum atomic E-state index is -5.11. The molecule has 164 valence electrons. The average molecular weight is 478 g/mol. The number of amides is 1. The third kappa shape index (κ3) is 4.16. The molecule has 0 spiro atoms. The molecule has 0 N–H and O–H groups in total. The summed E-state index contributed by atoms with van der Waals surface area (Å²) in [7, 11) is -3.97. The molecule has 4 rings (SSSR count). The molecule has 0 bridgehead atoms. The van der Waals surface area contributed by atoms with Crippen molar-refractivity contribution in [3.63, 3.8) is 0 Å². The number of hydrogen-bond donors (Lipinski definition) is 0. The molecule has 32 heavy (non-hydrogen) atoms. The van der Waals surface area contributed by atoms with Crippen LogP contribution in [-0.2, 0) is 21.2 Å². The summed E-state index contributed by atoms with van der Waals surface area (Å²) in [5.74, 6) is -2.05. The zero-order valence-electron chi connectivity index (χ0n) is 16.3. The van der Waals surface area contributed by atoms with Crippen molar-refractivity contribution >= 4 is 38.6 Å². The fraction of sp³-hybridized carbons (Fsp3) is 0.0870. The summed E-state index contributed by atoms with van der Waals surface area (Å²) in [6, 6.07) is 18.1. The number of nitrogens with zero attached hydrogens (tertiary/aromatic N) is 1. The molecular weight excluding hydrogens is 463 g/mol. The number of alkyl halides is 3. The minimum absolute atomic E-state index is 0.0287. The molecule has 4 nitrogen and oxygen atoms in total. The van der Waals surface area contributed by atoms with Crippen LogP contribution in [0.15, 0.2) is 83.1 Å². The number of rotatable bonds is 2. The van der Waals surface area contributed by atoms with Crippen LogP contribution in [-0.4, -0.2) is 20.5 Å². The number of hydrogen-bond acceptors (Lipinski definition) is 3. The van der Waals surface area contributed by atoms with Gasteiger partial charge in [0, 0.05) is 21.6 Å². The maximum atomic E-state index is 13.4. The molecule has 9 heteroatoms. The summed E-state index contributed by atoms with van der Waals surface area (Å²) in [5, 5.41) is 1.20. The van der Waals surface area contributed by atoms with Crippen molar-refractivity contribution in [2.45, 2.75) is 17.6 Å². The molecule has 0 saturated carbocycles. The Bertz CT molecular complexity index is 1340. The van der Waals surface area contributed by atoms with Crippen LogP contribution in [0.2, 0.25) is 5.02 Å². The predicted molar refractivity (Wildman–Crippen MR) is 116 cm³/mol. The average Bonchev–Trinajstić information content (AvgIpc) is 2.88. The minimum Gasteiger partial charge on any atom is -0.300 e. The van der Waals surface area contributed by atoms with Gasteiger partial charge in [0.05, 0.1) is 17.1 Å². The Morgan fingerprint density at radius 3 is 2.28 bits per heavy atom. The van der Waals surface area contributed by atoms with Gasteiger partial charge in [0.2, 0.25) is 0 Å². The van der Waals surface area contributed by atoms with Gasteiger partial charge in [-0.1, -0.05) is 54.1 Å². The lowest BCUT2D eigenvalue weighted by atomic mass is 9.96. The van der Waals surface area contributed by atoms with Crippen LogP contribution in [0.1, 0.15) is 16.7 Å². The maximum Gasteiger partial charge on any atom is 0.471 e. The second kappa shape index (κ2) is 8.11.